The topological polar surface area (TPSA) is 38.0 Å². The van der Waals surface area contributed by atoms with Gasteiger partial charge in [0, 0.05) is 28.8 Å². The predicted octanol–water partition coefficient (Wildman–Crippen LogP) is 3.70. The average Bonchev–Trinajstić information content (AvgIpc) is 2.62. The van der Waals surface area contributed by atoms with Gasteiger partial charge in [0.15, 0.2) is 18.2 Å². The maximum atomic E-state index is 12.5. The van der Waals surface area contributed by atoms with E-state index in [-0.39, 0.29) is 18.1 Å². The molecule has 0 aliphatic carbocycles. The fourth-order valence-corrected chi connectivity index (χ4v) is 2.85. The third kappa shape index (κ3) is 3.89. The minimum Gasteiger partial charge on any atom is -0.289 e. The number of rotatable bonds is 5. The Hall–Kier alpha value is -3.07. The van der Waals surface area contributed by atoms with E-state index in [0.717, 1.165) is 16.7 Å². The van der Waals surface area contributed by atoms with Crippen molar-refractivity contribution in [1.29, 1.82) is 0 Å². The number of Topliss-reactive ketones (excluding diaryl/α,β-unsaturated/α-hetero) is 1. The van der Waals surface area contributed by atoms with Crippen LogP contribution >= 0.6 is 0 Å². The lowest BCUT2D eigenvalue weighted by atomic mass is 10.0. The third-order valence-electron chi connectivity index (χ3n) is 4.20. The molecule has 2 aromatic carbocycles. The van der Waals surface area contributed by atoms with E-state index in [1.165, 1.54) is 0 Å². The van der Waals surface area contributed by atoms with E-state index in [0.29, 0.717) is 11.1 Å². The third-order valence-corrected chi connectivity index (χ3v) is 4.20. The van der Waals surface area contributed by atoms with E-state index in [4.69, 9.17) is 0 Å². The molecule has 124 valence electrons. The van der Waals surface area contributed by atoms with E-state index >= 15 is 0 Å². The number of carbonyl (C=O) groups excluding carboxylic acids is 2. The Labute approximate surface area is 147 Å². The second-order valence-corrected chi connectivity index (χ2v) is 6.20. The second-order valence-electron chi connectivity index (χ2n) is 6.20. The summed E-state index contributed by atoms with van der Waals surface area (Å²) in [5.41, 5.74) is 4.14. The van der Waals surface area contributed by atoms with Gasteiger partial charge in [-0.15, -0.1) is 0 Å². The highest BCUT2D eigenvalue weighted by atomic mass is 16.1. The molecule has 0 aliphatic heterocycles. The Morgan fingerprint density at radius 1 is 0.840 bits per heavy atom. The SMILES string of the molecule is Cc1ccc(C(=O)C[n+]2ccc(C(=O)c3ccccc3)cc2)c(C)c1. The van der Waals surface area contributed by atoms with Gasteiger partial charge in [0.05, 0.1) is 0 Å². The van der Waals surface area contributed by atoms with Crippen LogP contribution in [0.5, 0.6) is 0 Å². The van der Waals surface area contributed by atoms with Crippen LogP contribution < -0.4 is 4.57 Å². The number of nitrogens with zero attached hydrogens (tertiary/aromatic N) is 1. The number of ketones is 2. The van der Waals surface area contributed by atoms with Crippen molar-refractivity contribution in [3.8, 4) is 0 Å². The van der Waals surface area contributed by atoms with Gasteiger partial charge in [-0.05, 0) is 19.4 Å². The Bertz CT molecular complexity index is 913. The molecule has 0 saturated carbocycles. The first-order valence-corrected chi connectivity index (χ1v) is 8.24. The summed E-state index contributed by atoms with van der Waals surface area (Å²) < 4.78 is 1.80. The van der Waals surface area contributed by atoms with Crippen LogP contribution in [-0.4, -0.2) is 11.6 Å². The molecular formula is C22H20NO2+. The summed E-state index contributed by atoms with van der Waals surface area (Å²) in [5.74, 6) is 0.0399. The fraction of sp³-hybridized carbons (Fsp3) is 0.136. The molecule has 0 fully saturated rings. The van der Waals surface area contributed by atoms with Crippen molar-refractivity contribution < 1.29 is 14.2 Å². The largest absolute Gasteiger partial charge is 0.289 e. The maximum Gasteiger partial charge on any atom is 0.227 e. The van der Waals surface area contributed by atoms with Crippen LogP contribution in [0.1, 0.15) is 37.4 Å². The maximum absolute atomic E-state index is 12.5. The summed E-state index contributed by atoms with van der Waals surface area (Å²) >= 11 is 0. The minimum atomic E-state index is -0.0199. The molecule has 1 heterocycles. The summed E-state index contributed by atoms with van der Waals surface area (Å²) in [6.07, 6.45) is 3.55. The first-order chi connectivity index (χ1) is 12.0. The van der Waals surface area contributed by atoms with Gasteiger partial charge in [0.1, 0.15) is 0 Å². The highest BCUT2D eigenvalue weighted by molar-refractivity contribution is 6.08. The zero-order chi connectivity index (χ0) is 17.8. The summed E-state index contributed by atoms with van der Waals surface area (Å²) in [7, 11) is 0. The Balaban J connectivity index is 1.74. The molecule has 0 radical (unpaired) electrons. The van der Waals surface area contributed by atoms with Gasteiger partial charge in [0.2, 0.25) is 12.3 Å². The first kappa shape index (κ1) is 16.8. The predicted molar refractivity (Wildman–Crippen MR) is 96.8 cm³/mol. The molecule has 0 spiro atoms. The van der Waals surface area contributed by atoms with Crippen LogP contribution in [-0.2, 0) is 6.54 Å². The number of carbonyl (C=O) groups is 2. The standard InChI is InChI=1S/C22H20NO2/c1-16-8-9-20(17(2)14-16)21(24)15-23-12-10-19(11-13-23)22(25)18-6-4-3-5-7-18/h3-14H,15H2,1-2H3/q+1. The number of hydrogen-bond donors (Lipinski definition) is 0. The Morgan fingerprint density at radius 3 is 2.12 bits per heavy atom. The monoisotopic (exact) mass is 330 g/mol. The second kappa shape index (κ2) is 7.22. The molecule has 3 rings (SSSR count). The van der Waals surface area contributed by atoms with Gasteiger partial charge < -0.3 is 0 Å². The summed E-state index contributed by atoms with van der Waals surface area (Å²) in [6.45, 7) is 4.22. The number of hydrogen-bond acceptors (Lipinski definition) is 2. The number of aryl methyl sites for hydroxylation is 2. The van der Waals surface area contributed by atoms with Crippen LogP contribution in [0.4, 0.5) is 0 Å². The lowest BCUT2D eigenvalue weighted by Gasteiger charge is -2.04. The molecule has 0 N–H and O–H groups in total. The van der Waals surface area contributed by atoms with Crippen molar-refractivity contribution in [2.75, 3.05) is 0 Å². The lowest BCUT2D eigenvalue weighted by molar-refractivity contribution is -0.683. The quantitative estimate of drug-likeness (QED) is 0.528. The Kier molecular flexibility index (Phi) is 4.85. The van der Waals surface area contributed by atoms with Crippen molar-refractivity contribution >= 4 is 11.6 Å². The highest BCUT2D eigenvalue weighted by Crippen LogP contribution is 2.12. The molecule has 0 saturated heterocycles. The number of pyridine rings is 1. The molecule has 0 unspecified atom stereocenters. The van der Waals surface area contributed by atoms with Crippen LogP contribution in [0.3, 0.4) is 0 Å². The van der Waals surface area contributed by atoms with E-state index in [1.54, 1.807) is 41.2 Å². The zero-order valence-electron chi connectivity index (χ0n) is 14.4. The normalized spacial score (nSPS) is 10.5. The molecule has 1 aromatic heterocycles. The van der Waals surface area contributed by atoms with E-state index in [1.807, 2.05) is 50.2 Å². The van der Waals surface area contributed by atoms with Crippen LogP contribution in [0.25, 0.3) is 0 Å². The van der Waals surface area contributed by atoms with Crippen molar-refractivity contribution in [1.82, 2.24) is 0 Å². The molecule has 25 heavy (non-hydrogen) atoms. The average molecular weight is 330 g/mol. The van der Waals surface area contributed by atoms with Crippen molar-refractivity contribution in [2.24, 2.45) is 0 Å². The molecule has 0 atom stereocenters. The van der Waals surface area contributed by atoms with Crippen LogP contribution in [0, 0.1) is 13.8 Å². The molecular weight excluding hydrogens is 310 g/mol. The van der Waals surface area contributed by atoms with Crippen molar-refractivity contribution in [3.05, 3.63) is 101 Å². The number of benzene rings is 2. The van der Waals surface area contributed by atoms with Gasteiger partial charge >= 0.3 is 0 Å². The molecule has 0 amide bonds. The fourth-order valence-electron chi connectivity index (χ4n) is 2.85. The lowest BCUT2D eigenvalue weighted by Crippen LogP contribution is -2.37. The molecule has 3 heteroatoms. The van der Waals surface area contributed by atoms with Crippen LogP contribution in [0.15, 0.2) is 73.1 Å². The van der Waals surface area contributed by atoms with Gasteiger partial charge in [0.25, 0.3) is 0 Å². The summed E-state index contributed by atoms with van der Waals surface area (Å²) in [5, 5.41) is 0. The molecule has 3 aromatic rings. The molecule has 3 nitrogen and oxygen atoms in total. The highest BCUT2D eigenvalue weighted by Gasteiger charge is 2.16. The summed E-state index contributed by atoms with van der Waals surface area (Å²) in [4.78, 5) is 24.9. The zero-order valence-corrected chi connectivity index (χ0v) is 14.4. The van der Waals surface area contributed by atoms with Crippen molar-refractivity contribution in [3.63, 3.8) is 0 Å². The number of aromatic nitrogens is 1. The Morgan fingerprint density at radius 2 is 1.48 bits per heavy atom. The van der Waals surface area contributed by atoms with Gasteiger partial charge in [-0.2, -0.15) is 4.57 Å². The minimum absolute atomic E-state index is 0.0199. The smallest absolute Gasteiger partial charge is 0.227 e. The van der Waals surface area contributed by atoms with E-state index in [9.17, 15) is 9.59 Å². The first-order valence-electron chi connectivity index (χ1n) is 8.24. The van der Waals surface area contributed by atoms with E-state index in [2.05, 4.69) is 0 Å². The molecule has 0 bridgehead atoms. The van der Waals surface area contributed by atoms with Crippen molar-refractivity contribution in [2.45, 2.75) is 20.4 Å². The van der Waals surface area contributed by atoms with E-state index < -0.39 is 0 Å². The van der Waals surface area contributed by atoms with Crippen LogP contribution in [0.2, 0.25) is 0 Å². The summed E-state index contributed by atoms with van der Waals surface area (Å²) in [6, 6.07) is 18.5. The van der Waals surface area contributed by atoms with Gasteiger partial charge in [-0.3, -0.25) is 9.59 Å². The van der Waals surface area contributed by atoms with Gasteiger partial charge in [-0.25, -0.2) is 0 Å². The molecule has 0 aliphatic rings. The van der Waals surface area contributed by atoms with Gasteiger partial charge in [-0.1, -0.05) is 54.1 Å².